The van der Waals surface area contributed by atoms with E-state index in [1.165, 1.54) is 6.26 Å². The molecule has 0 amide bonds. The first-order valence-corrected chi connectivity index (χ1v) is 5.52. The molecular weight excluding hydrogens is 224 g/mol. The molecule has 1 aromatic carbocycles. The van der Waals surface area contributed by atoms with Crippen LogP contribution < -0.4 is 5.32 Å². The Morgan fingerprint density at radius 1 is 1.24 bits per heavy atom. The molecule has 1 aliphatic rings. The molecule has 0 radical (unpaired) electrons. The zero-order valence-corrected chi connectivity index (χ0v) is 9.09. The number of fused-ring (bicyclic) bond motifs is 1. The lowest BCUT2D eigenvalue weighted by atomic mass is 10.0. The number of rotatable bonds is 1. The lowest BCUT2D eigenvalue weighted by Crippen LogP contribution is -2.21. The zero-order chi connectivity index (χ0) is 11.8. The van der Waals surface area contributed by atoms with Gasteiger partial charge in [0.05, 0.1) is 6.26 Å². The van der Waals surface area contributed by atoms with Gasteiger partial charge in [-0.3, -0.25) is 0 Å². The summed E-state index contributed by atoms with van der Waals surface area (Å²) in [6, 6.07) is 2.69. The second-order valence-corrected chi connectivity index (χ2v) is 4.08. The van der Waals surface area contributed by atoms with Crippen molar-refractivity contribution in [1.82, 2.24) is 5.32 Å². The van der Waals surface area contributed by atoms with Gasteiger partial charge in [-0.15, -0.1) is 0 Å². The average Bonchev–Trinajstić information content (AvgIpc) is 2.79. The summed E-state index contributed by atoms with van der Waals surface area (Å²) >= 11 is 0. The molecule has 2 nitrogen and oxygen atoms in total. The van der Waals surface area contributed by atoms with Crippen LogP contribution in [0.25, 0.3) is 16.5 Å². The van der Waals surface area contributed by atoms with E-state index < -0.39 is 11.6 Å². The van der Waals surface area contributed by atoms with E-state index in [1.54, 1.807) is 6.07 Å². The van der Waals surface area contributed by atoms with E-state index in [2.05, 4.69) is 11.4 Å². The van der Waals surface area contributed by atoms with Gasteiger partial charge in [-0.25, -0.2) is 4.39 Å². The molecule has 88 valence electrons. The van der Waals surface area contributed by atoms with Gasteiger partial charge in [0.2, 0.25) is 5.82 Å². The quantitative estimate of drug-likeness (QED) is 0.821. The monoisotopic (exact) mass is 235 g/mol. The van der Waals surface area contributed by atoms with Crippen LogP contribution in [0.4, 0.5) is 8.78 Å². The van der Waals surface area contributed by atoms with Crippen molar-refractivity contribution in [1.29, 1.82) is 0 Å². The molecule has 0 spiro atoms. The average molecular weight is 235 g/mol. The van der Waals surface area contributed by atoms with E-state index in [0.717, 1.165) is 36.7 Å². The number of nitrogens with one attached hydrogen (secondary N) is 1. The van der Waals surface area contributed by atoms with Gasteiger partial charge < -0.3 is 9.73 Å². The largest absolute Gasteiger partial charge is 0.460 e. The van der Waals surface area contributed by atoms with E-state index in [0.29, 0.717) is 5.39 Å². The van der Waals surface area contributed by atoms with Gasteiger partial charge in [0.1, 0.15) is 0 Å². The fourth-order valence-corrected chi connectivity index (χ4v) is 2.14. The molecule has 0 unspecified atom stereocenters. The predicted molar refractivity (Wildman–Crippen MR) is 61.6 cm³/mol. The maximum absolute atomic E-state index is 13.5. The first kappa shape index (κ1) is 10.5. The lowest BCUT2D eigenvalue weighted by molar-refractivity contribution is 0.491. The first-order valence-electron chi connectivity index (χ1n) is 5.52. The summed E-state index contributed by atoms with van der Waals surface area (Å²) in [4.78, 5) is 0. The van der Waals surface area contributed by atoms with Gasteiger partial charge in [0.15, 0.2) is 11.4 Å². The van der Waals surface area contributed by atoms with Gasteiger partial charge >= 0.3 is 0 Å². The second-order valence-electron chi connectivity index (χ2n) is 4.08. The number of furan rings is 1. The maximum Gasteiger partial charge on any atom is 0.201 e. The molecular formula is C13H11F2NO. The topological polar surface area (TPSA) is 25.2 Å². The summed E-state index contributed by atoms with van der Waals surface area (Å²) in [5.41, 5.74) is 1.90. The summed E-state index contributed by atoms with van der Waals surface area (Å²) in [6.07, 6.45) is 4.53. The number of halogens is 2. The fraction of sp³-hybridized carbons (Fsp3) is 0.231. The van der Waals surface area contributed by atoms with E-state index in [-0.39, 0.29) is 5.58 Å². The molecule has 1 N–H and O–H groups in total. The first-order chi connectivity index (χ1) is 8.27. The van der Waals surface area contributed by atoms with E-state index in [1.807, 2.05) is 0 Å². The van der Waals surface area contributed by atoms with Crippen LogP contribution in [0.1, 0.15) is 12.0 Å². The van der Waals surface area contributed by atoms with E-state index in [9.17, 15) is 8.78 Å². The molecule has 1 aliphatic heterocycles. The minimum absolute atomic E-state index is 0.00789. The summed E-state index contributed by atoms with van der Waals surface area (Å²) in [5, 5.41) is 3.86. The normalized spacial score (nSPS) is 16.2. The van der Waals surface area contributed by atoms with Crippen molar-refractivity contribution in [2.24, 2.45) is 0 Å². The third-order valence-corrected chi connectivity index (χ3v) is 3.01. The maximum atomic E-state index is 13.5. The van der Waals surface area contributed by atoms with Crippen LogP contribution in [-0.2, 0) is 0 Å². The van der Waals surface area contributed by atoms with Gasteiger partial charge in [0, 0.05) is 17.5 Å². The Kier molecular flexibility index (Phi) is 2.44. The Balaban J connectivity index is 2.18. The highest BCUT2D eigenvalue weighted by atomic mass is 19.2. The summed E-state index contributed by atoms with van der Waals surface area (Å²) in [5.74, 6) is -1.80. The third-order valence-electron chi connectivity index (χ3n) is 3.01. The smallest absolute Gasteiger partial charge is 0.201 e. The summed E-state index contributed by atoms with van der Waals surface area (Å²) in [7, 11) is 0. The van der Waals surface area contributed by atoms with Crippen molar-refractivity contribution in [3.63, 3.8) is 0 Å². The molecule has 17 heavy (non-hydrogen) atoms. The van der Waals surface area contributed by atoms with Gasteiger partial charge in [0.25, 0.3) is 0 Å². The Hall–Kier alpha value is -1.68. The standard InChI is InChI=1S/C13H11F2NO/c14-11-4-3-9-10(7-17-13(9)12(11)15)8-2-1-5-16-6-8/h2-4,7,16H,1,5-6H2. The molecule has 2 aromatic rings. The van der Waals surface area contributed by atoms with Crippen molar-refractivity contribution in [3.05, 3.63) is 41.7 Å². The predicted octanol–water partition coefficient (Wildman–Crippen LogP) is 3.09. The molecule has 0 atom stereocenters. The molecule has 4 heteroatoms. The number of benzene rings is 1. The van der Waals surface area contributed by atoms with Crippen molar-refractivity contribution < 1.29 is 13.2 Å². The van der Waals surface area contributed by atoms with Crippen LogP contribution in [0.15, 0.2) is 28.9 Å². The SMILES string of the molecule is Fc1ccc2c(C3=CCCNC3)coc2c1F. The van der Waals surface area contributed by atoms with Crippen LogP contribution in [-0.4, -0.2) is 13.1 Å². The Bertz CT molecular complexity index is 601. The number of hydrogen-bond acceptors (Lipinski definition) is 2. The highest BCUT2D eigenvalue weighted by Crippen LogP contribution is 2.30. The summed E-state index contributed by atoms with van der Waals surface area (Å²) < 4.78 is 31.6. The van der Waals surface area contributed by atoms with Crippen molar-refractivity contribution >= 4 is 16.5 Å². The minimum Gasteiger partial charge on any atom is -0.460 e. The molecule has 0 saturated heterocycles. The molecule has 3 rings (SSSR count). The van der Waals surface area contributed by atoms with Crippen LogP contribution in [0.2, 0.25) is 0 Å². The summed E-state index contributed by atoms with van der Waals surface area (Å²) in [6.45, 7) is 1.68. The fourth-order valence-electron chi connectivity index (χ4n) is 2.14. The van der Waals surface area contributed by atoms with Crippen LogP contribution in [0, 0.1) is 11.6 Å². The highest BCUT2D eigenvalue weighted by Gasteiger charge is 2.16. The van der Waals surface area contributed by atoms with Crippen LogP contribution >= 0.6 is 0 Å². The van der Waals surface area contributed by atoms with Crippen LogP contribution in [0.5, 0.6) is 0 Å². The van der Waals surface area contributed by atoms with Crippen molar-refractivity contribution in [3.8, 4) is 0 Å². The minimum atomic E-state index is -0.918. The van der Waals surface area contributed by atoms with E-state index in [4.69, 9.17) is 4.42 Å². The lowest BCUT2D eigenvalue weighted by Gasteiger charge is -2.12. The van der Waals surface area contributed by atoms with Crippen molar-refractivity contribution in [2.75, 3.05) is 13.1 Å². The molecule has 0 bridgehead atoms. The second kappa shape index (κ2) is 3.96. The Morgan fingerprint density at radius 2 is 2.12 bits per heavy atom. The molecule has 1 aromatic heterocycles. The zero-order valence-electron chi connectivity index (χ0n) is 9.09. The van der Waals surface area contributed by atoms with E-state index >= 15 is 0 Å². The van der Waals surface area contributed by atoms with Crippen molar-refractivity contribution in [2.45, 2.75) is 6.42 Å². The van der Waals surface area contributed by atoms with Gasteiger partial charge in [-0.1, -0.05) is 6.08 Å². The molecule has 2 heterocycles. The Labute approximate surface area is 96.9 Å². The molecule has 0 fully saturated rings. The molecule has 0 saturated carbocycles. The Morgan fingerprint density at radius 3 is 2.88 bits per heavy atom. The third kappa shape index (κ3) is 1.65. The van der Waals surface area contributed by atoms with Crippen LogP contribution in [0.3, 0.4) is 0 Å². The molecule has 0 aliphatic carbocycles. The highest BCUT2D eigenvalue weighted by molar-refractivity contribution is 5.91. The number of hydrogen-bond donors (Lipinski definition) is 1. The van der Waals surface area contributed by atoms with Gasteiger partial charge in [-0.2, -0.15) is 4.39 Å². The van der Waals surface area contributed by atoms with Gasteiger partial charge in [-0.05, 0) is 30.7 Å².